The van der Waals surface area contributed by atoms with E-state index in [1.54, 1.807) is 48.5 Å². The average molecular weight is 563 g/mol. The molecular formula is C28H21BrClN3O3. The van der Waals surface area contributed by atoms with Gasteiger partial charge in [-0.1, -0.05) is 63.9 Å². The molecule has 0 saturated heterocycles. The third-order valence-electron chi connectivity index (χ3n) is 5.12. The number of rotatable bonds is 8. The molecular weight excluding hydrogens is 542 g/mol. The van der Waals surface area contributed by atoms with Gasteiger partial charge in [-0.3, -0.25) is 9.59 Å². The summed E-state index contributed by atoms with van der Waals surface area (Å²) < 4.78 is 6.93. The van der Waals surface area contributed by atoms with Gasteiger partial charge < -0.3 is 10.1 Å². The van der Waals surface area contributed by atoms with Crippen LogP contribution in [0.1, 0.15) is 31.8 Å². The molecule has 0 radical (unpaired) electrons. The van der Waals surface area contributed by atoms with Crippen LogP contribution >= 0.6 is 27.5 Å². The summed E-state index contributed by atoms with van der Waals surface area (Å²) in [5.74, 6) is -0.0658. The number of nitrogens with zero attached hydrogens (tertiary/aromatic N) is 1. The zero-order valence-corrected chi connectivity index (χ0v) is 21.3. The van der Waals surface area contributed by atoms with Gasteiger partial charge in [0.25, 0.3) is 11.8 Å². The first kappa shape index (κ1) is 25.2. The Morgan fingerprint density at radius 3 is 2.31 bits per heavy atom. The minimum Gasteiger partial charge on any atom is -0.488 e. The number of amides is 2. The van der Waals surface area contributed by atoms with Crippen LogP contribution in [0.25, 0.3) is 0 Å². The van der Waals surface area contributed by atoms with E-state index in [1.807, 2.05) is 48.5 Å². The van der Waals surface area contributed by atoms with Crippen LogP contribution in [-0.2, 0) is 6.61 Å². The predicted molar refractivity (Wildman–Crippen MR) is 146 cm³/mol. The number of hydrogen-bond acceptors (Lipinski definition) is 4. The number of para-hydroxylation sites is 1. The maximum Gasteiger partial charge on any atom is 0.271 e. The van der Waals surface area contributed by atoms with Crippen molar-refractivity contribution >= 4 is 51.2 Å². The van der Waals surface area contributed by atoms with Crippen molar-refractivity contribution in [3.8, 4) is 5.75 Å². The number of nitrogens with one attached hydrogen (secondary N) is 2. The van der Waals surface area contributed by atoms with E-state index in [1.165, 1.54) is 6.21 Å². The van der Waals surface area contributed by atoms with Crippen LogP contribution in [0.15, 0.2) is 107 Å². The topological polar surface area (TPSA) is 79.8 Å². The van der Waals surface area contributed by atoms with E-state index in [0.717, 1.165) is 15.6 Å². The molecule has 4 aromatic carbocycles. The van der Waals surface area contributed by atoms with Crippen LogP contribution in [0.4, 0.5) is 5.69 Å². The Hall–Kier alpha value is -3.94. The van der Waals surface area contributed by atoms with E-state index in [0.29, 0.717) is 34.2 Å². The number of hydrogen-bond donors (Lipinski definition) is 2. The molecule has 0 saturated carbocycles. The van der Waals surface area contributed by atoms with Crippen molar-refractivity contribution in [2.24, 2.45) is 5.10 Å². The lowest BCUT2D eigenvalue weighted by Crippen LogP contribution is -2.18. The van der Waals surface area contributed by atoms with Crippen molar-refractivity contribution in [2.45, 2.75) is 6.61 Å². The summed E-state index contributed by atoms with van der Waals surface area (Å²) in [4.78, 5) is 24.9. The van der Waals surface area contributed by atoms with Gasteiger partial charge in [0.2, 0.25) is 0 Å². The number of carbonyl (C=O) groups is 2. The lowest BCUT2D eigenvalue weighted by Gasteiger charge is -2.09. The second-order valence-corrected chi connectivity index (χ2v) is 8.99. The molecule has 0 atom stereocenters. The van der Waals surface area contributed by atoms with Gasteiger partial charge in [-0.2, -0.15) is 5.10 Å². The van der Waals surface area contributed by atoms with Crippen molar-refractivity contribution in [2.75, 3.05) is 5.32 Å². The number of anilines is 1. The molecule has 8 heteroatoms. The quantitative estimate of drug-likeness (QED) is 0.185. The summed E-state index contributed by atoms with van der Waals surface area (Å²) >= 11 is 9.49. The summed E-state index contributed by atoms with van der Waals surface area (Å²) in [5, 5.41) is 7.20. The SMILES string of the molecule is O=C(NN=Cc1ccccc1OCc1ccc(Br)cc1)c1ccc(NC(=O)c2ccccc2Cl)cc1. The highest BCUT2D eigenvalue weighted by Gasteiger charge is 2.11. The number of carbonyl (C=O) groups excluding carboxylic acids is 2. The minimum absolute atomic E-state index is 0.330. The molecule has 2 amide bonds. The van der Waals surface area contributed by atoms with Crippen molar-refractivity contribution in [1.29, 1.82) is 0 Å². The van der Waals surface area contributed by atoms with Crippen LogP contribution < -0.4 is 15.5 Å². The minimum atomic E-state index is -0.386. The molecule has 0 bridgehead atoms. The van der Waals surface area contributed by atoms with E-state index >= 15 is 0 Å². The van der Waals surface area contributed by atoms with Crippen molar-refractivity contribution in [3.63, 3.8) is 0 Å². The first-order valence-corrected chi connectivity index (χ1v) is 12.1. The maximum absolute atomic E-state index is 12.5. The molecule has 0 heterocycles. The third-order valence-corrected chi connectivity index (χ3v) is 5.98. The second kappa shape index (κ2) is 12.2. The Kier molecular flexibility index (Phi) is 8.49. The summed E-state index contributed by atoms with van der Waals surface area (Å²) in [6.07, 6.45) is 1.53. The first-order valence-electron chi connectivity index (χ1n) is 11.0. The van der Waals surface area contributed by atoms with E-state index in [4.69, 9.17) is 16.3 Å². The number of ether oxygens (including phenoxy) is 1. The van der Waals surface area contributed by atoms with Crippen molar-refractivity contribution < 1.29 is 14.3 Å². The number of hydrazone groups is 1. The van der Waals surface area contributed by atoms with Gasteiger partial charge in [0.15, 0.2) is 0 Å². The van der Waals surface area contributed by atoms with Crippen LogP contribution in [0, 0.1) is 0 Å². The molecule has 2 N–H and O–H groups in total. The van der Waals surface area contributed by atoms with Gasteiger partial charge >= 0.3 is 0 Å². The largest absolute Gasteiger partial charge is 0.488 e. The molecule has 0 spiro atoms. The molecule has 4 aromatic rings. The summed E-state index contributed by atoms with van der Waals surface area (Å²) in [5.41, 5.74) is 5.58. The monoisotopic (exact) mass is 561 g/mol. The van der Waals surface area contributed by atoms with Gasteiger partial charge in [0.05, 0.1) is 16.8 Å². The fraction of sp³-hybridized carbons (Fsp3) is 0.0357. The molecule has 4 rings (SSSR count). The van der Waals surface area contributed by atoms with Crippen LogP contribution in [-0.4, -0.2) is 18.0 Å². The highest BCUT2D eigenvalue weighted by atomic mass is 79.9. The van der Waals surface area contributed by atoms with Gasteiger partial charge in [0, 0.05) is 21.3 Å². The molecule has 0 fully saturated rings. The average Bonchev–Trinajstić information content (AvgIpc) is 2.89. The lowest BCUT2D eigenvalue weighted by molar-refractivity contribution is 0.0954. The maximum atomic E-state index is 12.5. The highest BCUT2D eigenvalue weighted by molar-refractivity contribution is 9.10. The first-order chi connectivity index (χ1) is 17.5. The van der Waals surface area contributed by atoms with Crippen molar-refractivity contribution in [3.05, 3.63) is 129 Å². The van der Waals surface area contributed by atoms with Crippen LogP contribution in [0.2, 0.25) is 5.02 Å². The summed E-state index contributed by atoms with van der Waals surface area (Å²) in [7, 11) is 0. The van der Waals surface area contributed by atoms with E-state index in [-0.39, 0.29) is 11.8 Å². The fourth-order valence-electron chi connectivity index (χ4n) is 3.23. The van der Waals surface area contributed by atoms with Gasteiger partial charge in [0.1, 0.15) is 12.4 Å². The number of benzene rings is 4. The molecule has 0 aliphatic carbocycles. The zero-order valence-electron chi connectivity index (χ0n) is 18.9. The molecule has 0 aliphatic heterocycles. The van der Waals surface area contributed by atoms with E-state index < -0.39 is 0 Å². The standard InChI is InChI=1S/C28H21BrClN3O3/c29-22-13-9-19(10-14-22)18-36-26-8-4-1-5-21(26)17-31-33-27(34)20-11-15-23(16-12-20)32-28(35)24-6-2-3-7-25(24)30/h1-17H,18H2,(H,32,35)(H,33,34). The van der Waals surface area contributed by atoms with E-state index in [2.05, 4.69) is 31.8 Å². The zero-order chi connectivity index (χ0) is 25.3. The highest BCUT2D eigenvalue weighted by Crippen LogP contribution is 2.19. The van der Waals surface area contributed by atoms with Crippen molar-refractivity contribution in [1.82, 2.24) is 5.43 Å². The van der Waals surface area contributed by atoms with Crippen LogP contribution in [0.3, 0.4) is 0 Å². The Morgan fingerprint density at radius 2 is 1.56 bits per heavy atom. The smallest absolute Gasteiger partial charge is 0.271 e. The van der Waals surface area contributed by atoms with Gasteiger partial charge in [-0.15, -0.1) is 0 Å². The van der Waals surface area contributed by atoms with Gasteiger partial charge in [-0.05, 0) is 66.2 Å². The molecule has 0 unspecified atom stereocenters. The van der Waals surface area contributed by atoms with Gasteiger partial charge in [-0.25, -0.2) is 5.43 Å². The molecule has 0 aromatic heterocycles. The fourth-order valence-corrected chi connectivity index (χ4v) is 3.72. The van der Waals surface area contributed by atoms with E-state index in [9.17, 15) is 9.59 Å². The lowest BCUT2D eigenvalue weighted by atomic mass is 10.1. The van der Waals surface area contributed by atoms with Crippen LogP contribution in [0.5, 0.6) is 5.75 Å². The third kappa shape index (κ3) is 6.81. The molecule has 36 heavy (non-hydrogen) atoms. The Bertz CT molecular complexity index is 1390. The molecule has 6 nitrogen and oxygen atoms in total. The molecule has 180 valence electrons. The summed E-state index contributed by atoms with van der Waals surface area (Å²) in [6.45, 7) is 0.407. The number of halogens is 2. The molecule has 0 aliphatic rings. The summed E-state index contributed by atoms with van der Waals surface area (Å²) in [6, 6.07) is 28.6. The second-order valence-electron chi connectivity index (χ2n) is 7.66. The Morgan fingerprint density at radius 1 is 0.861 bits per heavy atom. The predicted octanol–water partition coefficient (Wildman–Crippen LogP) is 6.70. The Labute approximate surface area is 222 Å². The normalized spacial score (nSPS) is 10.7. The Balaban J connectivity index is 1.33.